The number of rotatable bonds is 6. The molecule has 1 fully saturated rings. The van der Waals surface area contributed by atoms with Crippen LogP contribution in [0, 0.1) is 5.92 Å². The molecule has 2 N–H and O–H groups in total. The van der Waals surface area contributed by atoms with Gasteiger partial charge >= 0.3 is 5.97 Å². The molecule has 1 aliphatic heterocycles. The van der Waals surface area contributed by atoms with Gasteiger partial charge in [-0.25, -0.2) is 0 Å². The Morgan fingerprint density at radius 1 is 1.46 bits per heavy atom. The minimum absolute atomic E-state index is 0.138. The predicted molar refractivity (Wildman–Crippen MR) is 103 cm³/mol. The lowest BCUT2D eigenvalue weighted by molar-refractivity contribution is -0.149. The van der Waals surface area contributed by atoms with Gasteiger partial charge in [0.05, 0.1) is 19.1 Å². The van der Waals surface area contributed by atoms with Crippen molar-refractivity contribution in [1.29, 1.82) is 0 Å². The van der Waals surface area contributed by atoms with Gasteiger partial charge in [0, 0.05) is 30.2 Å². The highest BCUT2D eigenvalue weighted by Gasteiger charge is 2.28. The number of ether oxygens (including phenoxy) is 1. The van der Waals surface area contributed by atoms with Crippen molar-refractivity contribution in [3.63, 3.8) is 0 Å². The lowest BCUT2D eigenvalue weighted by atomic mass is 9.98. The molecule has 2 rings (SSSR count). The maximum atomic E-state index is 12.0. The minimum atomic E-state index is -0.775. The van der Waals surface area contributed by atoms with E-state index in [2.05, 4.69) is 15.2 Å². The van der Waals surface area contributed by atoms with Crippen LogP contribution in [0.1, 0.15) is 38.4 Å². The molecule has 1 aromatic rings. The normalized spacial score (nSPS) is 19.2. The Hall–Kier alpha value is -1.79. The van der Waals surface area contributed by atoms with E-state index in [-0.39, 0.29) is 18.4 Å². The fraction of sp³-hybridized carbons (Fsp3) is 0.579. The van der Waals surface area contributed by atoms with E-state index in [0.717, 1.165) is 19.4 Å². The molecule has 0 aromatic heterocycles. The van der Waals surface area contributed by atoms with Crippen molar-refractivity contribution in [3.8, 4) is 0 Å². The van der Waals surface area contributed by atoms with Crippen LogP contribution < -0.4 is 5.32 Å². The van der Waals surface area contributed by atoms with E-state index in [0.29, 0.717) is 36.2 Å². The zero-order chi connectivity index (χ0) is 18.9. The van der Waals surface area contributed by atoms with Crippen LogP contribution in [0.2, 0.25) is 5.02 Å². The molecule has 1 aliphatic rings. The number of esters is 1. The molecule has 26 heavy (non-hydrogen) atoms. The molecule has 0 radical (unpaired) electrons. The lowest BCUT2D eigenvalue weighted by Crippen LogP contribution is -2.48. The number of carbonyl (C=O) groups excluding carboxylic acids is 1. The van der Waals surface area contributed by atoms with Gasteiger partial charge in [0.2, 0.25) is 0 Å². The molecule has 2 atom stereocenters. The third-order valence-corrected chi connectivity index (χ3v) is 4.70. The van der Waals surface area contributed by atoms with Gasteiger partial charge in [-0.3, -0.25) is 9.79 Å². The van der Waals surface area contributed by atoms with Gasteiger partial charge in [-0.05, 0) is 32.8 Å². The van der Waals surface area contributed by atoms with Crippen molar-refractivity contribution in [1.82, 2.24) is 10.2 Å². The van der Waals surface area contributed by atoms with E-state index in [4.69, 9.17) is 16.3 Å². The minimum Gasteiger partial charge on any atom is -0.466 e. The molecule has 1 saturated heterocycles. The SMILES string of the molecule is CCNC(=NCC(O)c1ccccc1Cl)N1CCCC(C(=O)OCC)C1. The number of halogens is 1. The van der Waals surface area contributed by atoms with E-state index in [1.54, 1.807) is 12.1 Å². The topological polar surface area (TPSA) is 74.2 Å². The molecule has 2 unspecified atom stereocenters. The summed E-state index contributed by atoms with van der Waals surface area (Å²) in [6.45, 7) is 6.52. The Labute approximate surface area is 160 Å². The summed E-state index contributed by atoms with van der Waals surface area (Å²) >= 11 is 6.14. The van der Waals surface area contributed by atoms with Gasteiger partial charge < -0.3 is 20.1 Å². The number of benzene rings is 1. The second kappa shape index (κ2) is 10.4. The first-order valence-corrected chi connectivity index (χ1v) is 9.57. The average molecular weight is 382 g/mol. The maximum Gasteiger partial charge on any atom is 0.310 e. The molecule has 1 aromatic carbocycles. The monoisotopic (exact) mass is 381 g/mol. The molecule has 1 heterocycles. The van der Waals surface area contributed by atoms with E-state index in [1.807, 2.05) is 26.0 Å². The number of aliphatic hydroxyl groups excluding tert-OH is 1. The average Bonchev–Trinajstić information content (AvgIpc) is 2.65. The lowest BCUT2D eigenvalue weighted by Gasteiger charge is -2.34. The van der Waals surface area contributed by atoms with Crippen molar-refractivity contribution in [3.05, 3.63) is 34.9 Å². The van der Waals surface area contributed by atoms with Gasteiger partial charge in [0.25, 0.3) is 0 Å². The fourth-order valence-electron chi connectivity index (χ4n) is 3.06. The number of hydrogen-bond acceptors (Lipinski definition) is 4. The first-order chi connectivity index (χ1) is 12.6. The van der Waals surface area contributed by atoms with Crippen LogP contribution in [-0.4, -0.2) is 54.7 Å². The highest BCUT2D eigenvalue weighted by Crippen LogP contribution is 2.23. The Morgan fingerprint density at radius 2 is 2.23 bits per heavy atom. The number of likely N-dealkylation sites (tertiary alicyclic amines) is 1. The molecule has 144 valence electrons. The van der Waals surface area contributed by atoms with E-state index < -0.39 is 6.10 Å². The highest BCUT2D eigenvalue weighted by molar-refractivity contribution is 6.31. The van der Waals surface area contributed by atoms with Crippen molar-refractivity contribution in [2.24, 2.45) is 10.9 Å². The van der Waals surface area contributed by atoms with Crippen LogP contribution >= 0.6 is 11.6 Å². The largest absolute Gasteiger partial charge is 0.466 e. The van der Waals surface area contributed by atoms with Crippen LogP contribution in [0.3, 0.4) is 0 Å². The van der Waals surface area contributed by atoms with Crippen LogP contribution in [0.4, 0.5) is 0 Å². The zero-order valence-corrected chi connectivity index (χ0v) is 16.2. The Morgan fingerprint density at radius 3 is 2.92 bits per heavy atom. The number of aliphatic hydroxyl groups is 1. The number of guanidine groups is 1. The second-order valence-corrected chi connectivity index (χ2v) is 6.68. The number of piperidine rings is 1. The number of nitrogens with one attached hydrogen (secondary N) is 1. The van der Waals surface area contributed by atoms with Crippen LogP contribution in [0.5, 0.6) is 0 Å². The fourth-order valence-corrected chi connectivity index (χ4v) is 3.33. The first-order valence-electron chi connectivity index (χ1n) is 9.19. The third-order valence-electron chi connectivity index (χ3n) is 4.35. The van der Waals surface area contributed by atoms with Crippen LogP contribution in [-0.2, 0) is 9.53 Å². The molecular weight excluding hydrogens is 354 g/mol. The van der Waals surface area contributed by atoms with Gasteiger partial charge in [0.1, 0.15) is 6.10 Å². The summed E-state index contributed by atoms with van der Waals surface area (Å²) in [4.78, 5) is 18.7. The molecule has 6 nitrogen and oxygen atoms in total. The molecule has 0 spiro atoms. The molecule has 0 amide bonds. The standard InChI is InChI=1S/C19H28ClN3O3/c1-3-21-19(22-12-17(24)15-9-5-6-10-16(15)20)23-11-7-8-14(13-23)18(25)26-4-2/h5-6,9-10,14,17,24H,3-4,7-8,11-13H2,1-2H3,(H,21,22). The Kier molecular flexibility index (Phi) is 8.19. The number of nitrogens with zero attached hydrogens (tertiary/aromatic N) is 2. The van der Waals surface area contributed by atoms with E-state index in [9.17, 15) is 9.90 Å². The van der Waals surface area contributed by atoms with Crippen LogP contribution in [0.15, 0.2) is 29.3 Å². The molecular formula is C19H28ClN3O3. The summed E-state index contributed by atoms with van der Waals surface area (Å²) in [5.74, 6) is 0.415. The summed E-state index contributed by atoms with van der Waals surface area (Å²) in [6, 6.07) is 7.22. The van der Waals surface area contributed by atoms with Crippen molar-refractivity contribution < 1.29 is 14.6 Å². The highest BCUT2D eigenvalue weighted by atomic mass is 35.5. The second-order valence-electron chi connectivity index (χ2n) is 6.27. The van der Waals surface area contributed by atoms with Crippen molar-refractivity contribution >= 4 is 23.5 Å². The van der Waals surface area contributed by atoms with Gasteiger partial charge in [-0.15, -0.1) is 0 Å². The first kappa shape index (κ1) is 20.5. The van der Waals surface area contributed by atoms with Crippen molar-refractivity contribution in [2.75, 3.05) is 32.8 Å². The number of aliphatic imine (C=N–C) groups is 1. The van der Waals surface area contributed by atoms with Gasteiger partial charge in [-0.1, -0.05) is 29.8 Å². The number of carbonyl (C=O) groups is 1. The van der Waals surface area contributed by atoms with E-state index >= 15 is 0 Å². The summed E-state index contributed by atoms with van der Waals surface area (Å²) in [5, 5.41) is 14.2. The smallest absolute Gasteiger partial charge is 0.310 e. The van der Waals surface area contributed by atoms with Gasteiger partial charge in [-0.2, -0.15) is 0 Å². The molecule has 0 saturated carbocycles. The zero-order valence-electron chi connectivity index (χ0n) is 15.4. The van der Waals surface area contributed by atoms with E-state index in [1.165, 1.54) is 0 Å². The maximum absolute atomic E-state index is 12.0. The van der Waals surface area contributed by atoms with Gasteiger partial charge in [0.15, 0.2) is 5.96 Å². The molecule has 7 heteroatoms. The molecule has 0 bridgehead atoms. The summed E-state index contributed by atoms with van der Waals surface area (Å²) in [7, 11) is 0. The molecule has 0 aliphatic carbocycles. The quantitative estimate of drug-likeness (QED) is 0.450. The Balaban J connectivity index is 2.05. The Bertz CT molecular complexity index is 624. The number of hydrogen-bond donors (Lipinski definition) is 2. The summed E-state index contributed by atoms with van der Waals surface area (Å²) in [6.07, 6.45) is 0.959. The summed E-state index contributed by atoms with van der Waals surface area (Å²) < 4.78 is 5.16. The van der Waals surface area contributed by atoms with Crippen molar-refractivity contribution in [2.45, 2.75) is 32.8 Å². The third kappa shape index (κ3) is 5.61. The van der Waals surface area contributed by atoms with Crippen LogP contribution in [0.25, 0.3) is 0 Å². The summed E-state index contributed by atoms with van der Waals surface area (Å²) in [5.41, 5.74) is 0.664. The predicted octanol–water partition coefficient (Wildman–Crippen LogP) is 2.61.